The maximum atomic E-state index is 12.5. The summed E-state index contributed by atoms with van der Waals surface area (Å²) in [6.07, 6.45) is 5.23. The molecule has 1 aromatic carbocycles. The van der Waals surface area contributed by atoms with Crippen LogP contribution >= 0.6 is 24.8 Å². The highest BCUT2D eigenvalue weighted by Crippen LogP contribution is 2.26. The zero-order valence-electron chi connectivity index (χ0n) is 17.4. The number of carbonyl (C=O) groups is 1. The lowest BCUT2D eigenvalue weighted by molar-refractivity contribution is 0.102. The van der Waals surface area contributed by atoms with Gasteiger partial charge in [-0.3, -0.25) is 4.79 Å². The van der Waals surface area contributed by atoms with Gasteiger partial charge in [-0.25, -0.2) is 9.67 Å². The van der Waals surface area contributed by atoms with Crippen LogP contribution in [0, 0.1) is 13.8 Å². The lowest BCUT2D eigenvalue weighted by Crippen LogP contribution is -2.29. The minimum Gasteiger partial charge on any atom is -0.439 e. The highest BCUT2D eigenvalue weighted by Gasteiger charge is 2.19. The molecule has 0 saturated carbocycles. The van der Waals surface area contributed by atoms with Crippen molar-refractivity contribution in [1.82, 2.24) is 25.3 Å². The Bertz CT molecular complexity index is 1000. The molecule has 1 saturated heterocycles. The Morgan fingerprint density at radius 1 is 1.16 bits per heavy atom. The molecule has 1 amide bonds. The Kier molecular flexibility index (Phi) is 8.79. The van der Waals surface area contributed by atoms with Gasteiger partial charge in [-0.1, -0.05) is 17.3 Å². The van der Waals surface area contributed by atoms with Crippen LogP contribution in [0.2, 0.25) is 0 Å². The standard InChI is InChI=1S/C21H24N6O2.2ClH/c1-14-4-3-5-19(15(14)2)29-20-7-6-16(12-23-20)24-21(28)18-13-27(26-25-18)17-8-10-22-11-9-17;;/h3-7,12-13,17,22H,8-11H2,1-2H3,(H,24,28);2*1H. The number of pyridine rings is 1. The van der Waals surface area contributed by atoms with Crippen molar-refractivity contribution in [2.24, 2.45) is 0 Å². The first-order valence-electron chi connectivity index (χ1n) is 9.74. The first-order chi connectivity index (χ1) is 14.1. The Morgan fingerprint density at radius 2 is 1.94 bits per heavy atom. The fraction of sp³-hybridized carbons (Fsp3) is 0.333. The molecular weight excluding hydrogens is 439 g/mol. The number of ether oxygens (including phenoxy) is 1. The number of carbonyl (C=O) groups excluding carboxylic acids is 1. The number of piperidine rings is 1. The van der Waals surface area contributed by atoms with Crippen molar-refractivity contribution in [3.05, 3.63) is 59.5 Å². The number of hydrogen-bond acceptors (Lipinski definition) is 6. The molecule has 1 fully saturated rings. The number of nitrogens with zero attached hydrogens (tertiary/aromatic N) is 4. The number of aryl methyl sites for hydroxylation is 1. The van der Waals surface area contributed by atoms with Gasteiger partial charge in [0.05, 0.1) is 24.1 Å². The van der Waals surface area contributed by atoms with E-state index in [1.807, 2.05) is 32.0 Å². The van der Waals surface area contributed by atoms with E-state index >= 15 is 0 Å². The largest absolute Gasteiger partial charge is 0.439 e. The number of aromatic nitrogens is 4. The molecule has 1 aliphatic rings. The van der Waals surface area contributed by atoms with E-state index in [0.29, 0.717) is 17.3 Å². The maximum Gasteiger partial charge on any atom is 0.277 e. The fourth-order valence-electron chi connectivity index (χ4n) is 3.29. The van der Waals surface area contributed by atoms with E-state index in [0.717, 1.165) is 42.8 Å². The summed E-state index contributed by atoms with van der Waals surface area (Å²) in [7, 11) is 0. The van der Waals surface area contributed by atoms with Crippen molar-refractivity contribution < 1.29 is 9.53 Å². The Balaban J connectivity index is 0.00000171. The molecule has 0 aliphatic carbocycles. The van der Waals surface area contributed by atoms with Gasteiger partial charge in [-0.15, -0.1) is 29.9 Å². The second-order valence-corrected chi connectivity index (χ2v) is 7.20. The average Bonchev–Trinajstić information content (AvgIpc) is 3.24. The van der Waals surface area contributed by atoms with Crippen molar-refractivity contribution in [2.45, 2.75) is 32.7 Å². The third-order valence-electron chi connectivity index (χ3n) is 5.19. The van der Waals surface area contributed by atoms with Gasteiger partial charge in [-0.2, -0.15) is 0 Å². The van der Waals surface area contributed by atoms with Crippen molar-refractivity contribution in [1.29, 1.82) is 0 Å². The van der Waals surface area contributed by atoms with Gasteiger partial charge in [-0.05, 0) is 63.0 Å². The van der Waals surface area contributed by atoms with Crippen LogP contribution < -0.4 is 15.4 Å². The van der Waals surface area contributed by atoms with E-state index < -0.39 is 0 Å². The number of anilines is 1. The highest BCUT2D eigenvalue weighted by atomic mass is 35.5. The Hall–Kier alpha value is -2.68. The molecule has 0 atom stereocenters. The molecule has 8 nitrogen and oxygen atoms in total. The van der Waals surface area contributed by atoms with Crippen LogP contribution in [-0.4, -0.2) is 39.0 Å². The molecule has 0 bridgehead atoms. The van der Waals surface area contributed by atoms with Gasteiger partial charge in [0.2, 0.25) is 5.88 Å². The predicted molar refractivity (Wildman–Crippen MR) is 124 cm³/mol. The zero-order valence-corrected chi connectivity index (χ0v) is 19.0. The first-order valence-corrected chi connectivity index (χ1v) is 9.74. The molecule has 3 aromatic rings. The van der Waals surface area contributed by atoms with Gasteiger partial charge in [0, 0.05) is 6.07 Å². The van der Waals surface area contributed by atoms with Gasteiger partial charge in [0.1, 0.15) is 5.75 Å². The number of nitrogens with one attached hydrogen (secondary N) is 2. The summed E-state index contributed by atoms with van der Waals surface area (Å²) in [5, 5.41) is 14.3. The number of halogens is 2. The molecular formula is C21H26Cl2N6O2. The normalized spacial score (nSPS) is 13.6. The van der Waals surface area contributed by atoms with E-state index in [2.05, 4.69) is 25.9 Å². The second-order valence-electron chi connectivity index (χ2n) is 7.20. The van der Waals surface area contributed by atoms with Crippen molar-refractivity contribution in [3.8, 4) is 11.6 Å². The summed E-state index contributed by atoms with van der Waals surface area (Å²) < 4.78 is 7.64. The highest BCUT2D eigenvalue weighted by molar-refractivity contribution is 6.02. The third-order valence-corrected chi connectivity index (χ3v) is 5.19. The lowest BCUT2D eigenvalue weighted by Gasteiger charge is -2.22. The average molecular weight is 465 g/mol. The van der Waals surface area contributed by atoms with Crippen LogP contribution in [0.3, 0.4) is 0 Å². The number of hydrogen-bond donors (Lipinski definition) is 2. The van der Waals surface area contributed by atoms with Gasteiger partial charge >= 0.3 is 0 Å². The summed E-state index contributed by atoms with van der Waals surface area (Å²) in [4.78, 5) is 16.8. The van der Waals surface area contributed by atoms with E-state index in [1.54, 1.807) is 29.2 Å². The molecule has 0 radical (unpaired) electrons. The van der Waals surface area contributed by atoms with E-state index in [4.69, 9.17) is 4.74 Å². The molecule has 2 N–H and O–H groups in total. The summed E-state index contributed by atoms with van der Waals surface area (Å²) in [6.45, 7) is 5.95. The van der Waals surface area contributed by atoms with Crippen molar-refractivity contribution >= 4 is 36.4 Å². The number of benzene rings is 1. The Morgan fingerprint density at radius 3 is 2.65 bits per heavy atom. The molecule has 10 heteroatoms. The minimum atomic E-state index is -0.310. The van der Waals surface area contributed by atoms with Crippen LogP contribution in [0.4, 0.5) is 5.69 Å². The molecule has 1 aliphatic heterocycles. The Labute approximate surface area is 193 Å². The topological polar surface area (TPSA) is 94.0 Å². The van der Waals surface area contributed by atoms with Gasteiger partial charge in [0.15, 0.2) is 5.69 Å². The number of rotatable bonds is 5. The molecule has 3 heterocycles. The van der Waals surface area contributed by atoms with Crippen LogP contribution in [0.15, 0.2) is 42.7 Å². The van der Waals surface area contributed by atoms with E-state index in [1.165, 1.54) is 0 Å². The third kappa shape index (κ3) is 5.94. The number of amides is 1. The molecule has 0 spiro atoms. The second kappa shape index (κ2) is 11.1. The van der Waals surface area contributed by atoms with Crippen molar-refractivity contribution in [2.75, 3.05) is 18.4 Å². The first kappa shape index (κ1) is 24.6. The van der Waals surface area contributed by atoms with E-state index in [9.17, 15) is 4.79 Å². The minimum absolute atomic E-state index is 0. The van der Waals surface area contributed by atoms with Crippen LogP contribution in [-0.2, 0) is 0 Å². The molecule has 2 aromatic heterocycles. The zero-order chi connectivity index (χ0) is 20.2. The monoisotopic (exact) mass is 464 g/mol. The molecule has 31 heavy (non-hydrogen) atoms. The van der Waals surface area contributed by atoms with Gasteiger partial charge in [0.25, 0.3) is 5.91 Å². The van der Waals surface area contributed by atoms with Gasteiger partial charge < -0.3 is 15.4 Å². The maximum absolute atomic E-state index is 12.5. The predicted octanol–water partition coefficient (Wildman–Crippen LogP) is 4.10. The quantitative estimate of drug-likeness (QED) is 0.589. The van der Waals surface area contributed by atoms with E-state index in [-0.39, 0.29) is 36.8 Å². The summed E-state index contributed by atoms with van der Waals surface area (Å²) >= 11 is 0. The summed E-state index contributed by atoms with van der Waals surface area (Å²) in [5.41, 5.74) is 3.09. The summed E-state index contributed by atoms with van der Waals surface area (Å²) in [6, 6.07) is 9.66. The SMILES string of the molecule is Cc1cccc(Oc2ccc(NC(=O)c3cn(C4CCNCC4)nn3)cn2)c1C.Cl.Cl. The molecule has 4 rings (SSSR count). The van der Waals surface area contributed by atoms with Crippen LogP contribution in [0.5, 0.6) is 11.6 Å². The van der Waals surface area contributed by atoms with Crippen molar-refractivity contribution in [3.63, 3.8) is 0 Å². The smallest absolute Gasteiger partial charge is 0.277 e. The molecule has 166 valence electrons. The summed E-state index contributed by atoms with van der Waals surface area (Å²) in [5.74, 6) is 0.924. The fourth-order valence-corrected chi connectivity index (χ4v) is 3.29. The molecule has 0 unspecified atom stereocenters. The van der Waals surface area contributed by atoms with Crippen LogP contribution in [0.25, 0.3) is 0 Å². The van der Waals surface area contributed by atoms with Crippen LogP contribution in [0.1, 0.15) is 40.5 Å². The lowest BCUT2D eigenvalue weighted by atomic mass is 10.1.